The normalized spacial score (nSPS) is 18.6. The molecule has 0 radical (unpaired) electrons. The molecule has 5 nitrogen and oxygen atoms in total. The summed E-state index contributed by atoms with van der Waals surface area (Å²) in [7, 11) is -3.69. The van der Waals surface area contributed by atoms with Gasteiger partial charge in [-0.05, 0) is 48.6 Å². The van der Waals surface area contributed by atoms with Gasteiger partial charge < -0.3 is 4.90 Å². The molecule has 8 heteroatoms. The van der Waals surface area contributed by atoms with E-state index >= 15 is 0 Å². The third-order valence-electron chi connectivity index (χ3n) is 3.72. The zero-order chi connectivity index (χ0) is 16.6. The summed E-state index contributed by atoms with van der Waals surface area (Å²) < 4.78 is 40.4. The summed E-state index contributed by atoms with van der Waals surface area (Å²) in [5.74, 6) is -0.661. The maximum absolute atomic E-state index is 13.3. The summed E-state index contributed by atoms with van der Waals surface area (Å²) in [5, 5.41) is 1.67. The molecule has 0 bridgehead atoms. The smallest absolute Gasteiger partial charge is 0.250 e. The van der Waals surface area contributed by atoms with Crippen LogP contribution in [0, 0.1) is 12.7 Å². The average molecular weight is 354 g/mol. The molecule has 1 aliphatic rings. The molecule has 23 heavy (non-hydrogen) atoms. The van der Waals surface area contributed by atoms with E-state index in [1.165, 1.54) is 23.1 Å². The first kappa shape index (κ1) is 16.1. The summed E-state index contributed by atoms with van der Waals surface area (Å²) in [6.07, 6.45) is 0.375. The van der Waals surface area contributed by atoms with Gasteiger partial charge in [-0.25, -0.2) is 12.8 Å². The zero-order valence-corrected chi connectivity index (χ0v) is 14.0. The fourth-order valence-electron chi connectivity index (χ4n) is 2.50. The number of thiophene rings is 1. The van der Waals surface area contributed by atoms with Crippen molar-refractivity contribution in [3.8, 4) is 0 Å². The molecule has 1 aromatic heterocycles. The second kappa shape index (κ2) is 6.03. The first-order valence-corrected chi connectivity index (χ1v) is 9.38. The van der Waals surface area contributed by atoms with Crippen molar-refractivity contribution in [1.29, 1.82) is 0 Å². The third-order valence-corrected chi connectivity index (χ3v) is 6.59. The van der Waals surface area contributed by atoms with Crippen LogP contribution in [0.15, 0.2) is 39.9 Å². The lowest BCUT2D eigenvalue weighted by Crippen LogP contribution is -2.41. The number of halogens is 1. The Morgan fingerprint density at radius 3 is 2.78 bits per heavy atom. The number of amides is 1. The number of nitrogens with zero attached hydrogens (tertiary/aromatic N) is 1. The van der Waals surface area contributed by atoms with Gasteiger partial charge in [0.05, 0.1) is 0 Å². The third kappa shape index (κ3) is 3.15. The number of carbonyl (C=O) groups excluding carboxylic acids is 1. The van der Waals surface area contributed by atoms with Gasteiger partial charge in [-0.1, -0.05) is 6.07 Å². The van der Waals surface area contributed by atoms with E-state index < -0.39 is 16.1 Å². The van der Waals surface area contributed by atoms with E-state index in [-0.39, 0.29) is 15.9 Å². The number of carbonyl (C=O) groups is 1. The van der Waals surface area contributed by atoms with Gasteiger partial charge in [0.2, 0.25) is 5.91 Å². The minimum absolute atomic E-state index is 0.182. The van der Waals surface area contributed by atoms with Crippen LogP contribution in [0.3, 0.4) is 0 Å². The molecule has 0 saturated carbocycles. The van der Waals surface area contributed by atoms with E-state index in [1.807, 2.05) is 0 Å². The van der Waals surface area contributed by atoms with Gasteiger partial charge in [0.15, 0.2) is 0 Å². The lowest BCUT2D eigenvalue weighted by Gasteiger charge is -2.18. The molecule has 1 amide bonds. The molecule has 0 spiro atoms. The molecular weight excluding hydrogens is 339 g/mol. The van der Waals surface area contributed by atoms with Gasteiger partial charge in [-0.3, -0.25) is 4.79 Å². The number of nitrogens with one attached hydrogen (secondary N) is 1. The van der Waals surface area contributed by atoms with Gasteiger partial charge in [0.1, 0.15) is 16.1 Å². The molecule has 1 aromatic carbocycles. The van der Waals surface area contributed by atoms with Crippen LogP contribution in [-0.4, -0.2) is 26.9 Å². The Bertz CT molecular complexity index is 834. The highest BCUT2D eigenvalue weighted by Crippen LogP contribution is 2.25. The maximum atomic E-state index is 13.3. The topological polar surface area (TPSA) is 66.5 Å². The Balaban J connectivity index is 1.78. The van der Waals surface area contributed by atoms with Crippen molar-refractivity contribution in [3.05, 3.63) is 47.1 Å². The minimum Gasteiger partial charge on any atom is -0.311 e. The second-order valence-corrected chi connectivity index (χ2v) is 8.21. The first-order chi connectivity index (χ1) is 10.9. The predicted octanol–water partition coefficient (Wildman–Crippen LogP) is 2.28. The number of aryl methyl sites for hydroxylation is 1. The predicted molar refractivity (Wildman–Crippen MR) is 86.5 cm³/mol. The molecule has 122 valence electrons. The van der Waals surface area contributed by atoms with Crippen LogP contribution in [0.1, 0.15) is 12.0 Å². The molecular formula is C15H15FN2O3S2. The van der Waals surface area contributed by atoms with Gasteiger partial charge in [0.25, 0.3) is 10.0 Å². The lowest BCUT2D eigenvalue weighted by molar-refractivity contribution is -0.118. The van der Waals surface area contributed by atoms with Crippen LogP contribution in [0.25, 0.3) is 0 Å². The van der Waals surface area contributed by atoms with Crippen molar-refractivity contribution < 1.29 is 17.6 Å². The number of hydrogen-bond donors (Lipinski definition) is 1. The second-order valence-electron chi connectivity index (χ2n) is 5.32. The highest BCUT2D eigenvalue weighted by Gasteiger charge is 2.36. The summed E-state index contributed by atoms with van der Waals surface area (Å²) >= 11 is 1.10. The Labute approximate surface area is 137 Å². The van der Waals surface area contributed by atoms with Gasteiger partial charge in [-0.2, -0.15) is 4.72 Å². The van der Waals surface area contributed by atoms with Gasteiger partial charge in [0, 0.05) is 12.2 Å². The number of benzene rings is 1. The van der Waals surface area contributed by atoms with Gasteiger partial charge in [-0.15, -0.1) is 11.3 Å². The SMILES string of the molecule is Cc1cc(N2CCC(NS(=O)(=O)c3cccs3)C2=O)ccc1F. The minimum atomic E-state index is -3.69. The molecule has 1 unspecified atom stereocenters. The molecule has 2 heterocycles. The van der Waals surface area contributed by atoms with E-state index in [4.69, 9.17) is 0 Å². The van der Waals surface area contributed by atoms with Crippen LogP contribution >= 0.6 is 11.3 Å². The number of hydrogen-bond acceptors (Lipinski definition) is 4. The number of anilines is 1. The fraction of sp³-hybridized carbons (Fsp3) is 0.267. The maximum Gasteiger partial charge on any atom is 0.250 e. The van der Waals surface area contributed by atoms with Crippen LogP contribution in [0.2, 0.25) is 0 Å². The summed E-state index contributed by atoms with van der Waals surface area (Å²) in [6, 6.07) is 6.75. The van der Waals surface area contributed by atoms with E-state index in [2.05, 4.69) is 4.72 Å². The summed E-state index contributed by atoms with van der Waals surface area (Å²) in [4.78, 5) is 13.9. The first-order valence-electron chi connectivity index (χ1n) is 7.02. The summed E-state index contributed by atoms with van der Waals surface area (Å²) in [6.45, 7) is 2.01. The van der Waals surface area contributed by atoms with E-state index in [1.54, 1.807) is 24.4 Å². The van der Waals surface area contributed by atoms with Crippen LogP contribution in [0.4, 0.5) is 10.1 Å². The molecule has 3 rings (SSSR count). The van der Waals surface area contributed by atoms with Crippen molar-refractivity contribution in [2.24, 2.45) is 0 Å². The van der Waals surface area contributed by atoms with E-state index in [9.17, 15) is 17.6 Å². The van der Waals surface area contributed by atoms with E-state index in [0.717, 1.165) is 11.3 Å². The highest BCUT2D eigenvalue weighted by molar-refractivity contribution is 7.91. The zero-order valence-electron chi connectivity index (χ0n) is 12.3. The molecule has 1 fully saturated rings. The molecule has 1 N–H and O–H groups in total. The quantitative estimate of drug-likeness (QED) is 0.916. The summed E-state index contributed by atoms with van der Waals surface area (Å²) in [5.41, 5.74) is 1.02. The largest absolute Gasteiger partial charge is 0.311 e. The van der Waals surface area contributed by atoms with Crippen molar-refractivity contribution in [3.63, 3.8) is 0 Å². The van der Waals surface area contributed by atoms with Crippen LogP contribution < -0.4 is 9.62 Å². The lowest BCUT2D eigenvalue weighted by atomic mass is 10.2. The van der Waals surface area contributed by atoms with Crippen LogP contribution in [-0.2, 0) is 14.8 Å². The van der Waals surface area contributed by atoms with Crippen LogP contribution in [0.5, 0.6) is 0 Å². The fourth-order valence-corrected chi connectivity index (χ4v) is 4.74. The molecule has 0 aliphatic carbocycles. The molecule has 1 aliphatic heterocycles. The Kier molecular flexibility index (Phi) is 4.22. The standard InChI is InChI=1S/C15H15FN2O3S2/c1-10-9-11(4-5-12(10)16)18-7-6-13(15(18)19)17-23(20,21)14-3-2-8-22-14/h2-5,8-9,13,17H,6-7H2,1H3. The van der Waals surface area contributed by atoms with Crippen molar-refractivity contribution in [1.82, 2.24) is 4.72 Å². The monoisotopic (exact) mass is 354 g/mol. The van der Waals surface area contributed by atoms with Gasteiger partial charge >= 0.3 is 0 Å². The van der Waals surface area contributed by atoms with Crippen molar-refractivity contribution in [2.45, 2.75) is 23.6 Å². The Morgan fingerprint density at radius 1 is 1.35 bits per heavy atom. The average Bonchev–Trinajstić information content (AvgIpc) is 3.14. The van der Waals surface area contributed by atoms with E-state index in [0.29, 0.717) is 24.2 Å². The highest BCUT2D eigenvalue weighted by atomic mass is 32.2. The molecule has 2 aromatic rings. The van der Waals surface area contributed by atoms with Crippen molar-refractivity contribution >= 4 is 33.0 Å². The molecule has 1 atom stereocenters. The number of rotatable bonds is 4. The Hall–Kier alpha value is -1.77. The number of sulfonamides is 1. The Morgan fingerprint density at radius 2 is 2.13 bits per heavy atom. The molecule has 1 saturated heterocycles. The van der Waals surface area contributed by atoms with Crippen molar-refractivity contribution in [2.75, 3.05) is 11.4 Å².